The lowest BCUT2D eigenvalue weighted by Crippen LogP contribution is -2.03. The number of hydrogen-bond donors (Lipinski definition) is 1. The van der Waals surface area contributed by atoms with Crippen molar-refractivity contribution in [3.05, 3.63) is 58.9 Å². The first kappa shape index (κ1) is 14.7. The molecule has 0 atom stereocenters. The molecule has 0 aliphatic heterocycles. The Bertz CT molecular complexity index is 1020. The number of rotatable bonds is 3. The number of fused-ring (bicyclic) bond motifs is 1. The number of furan rings is 1. The molecule has 24 heavy (non-hydrogen) atoms. The molecule has 0 unspecified atom stereocenters. The van der Waals surface area contributed by atoms with Gasteiger partial charge in [0.25, 0.3) is 5.78 Å². The zero-order valence-corrected chi connectivity index (χ0v) is 13.9. The third kappa shape index (κ3) is 2.61. The topological polar surface area (TPSA) is 68.2 Å². The van der Waals surface area contributed by atoms with E-state index in [1.807, 2.05) is 44.2 Å². The van der Waals surface area contributed by atoms with E-state index >= 15 is 0 Å². The zero-order valence-electron chi connectivity index (χ0n) is 13.1. The van der Waals surface area contributed by atoms with Crippen LogP contribution in [0.1, 0.15) is 11.3 Å². The predicted octanol–water partition coefficient (Wildman–Crippen LogP) is 4.40. The van der Waals surface area contributed by atoms with E-state index < -0.39 is 0 Å². The summed E-state index contributed by atoms with van der Waals surface area (Å²) in [4.78, 5) is 8.85. The summed E-state index contributed by atoms with van der Waals surface area (Å²) in [5.41, 5.74) is 2.72. The van der Waals surface area contributed by atoms with Crippen molar-refractivity contribution in [1.29, 1.82) is 0 Å². The molecule has 0 amide bonds. The van der Waals surface area contributed by atoms with E-state index in [0.717, 1.165) is 22.8 Å². The van der Waals surface area contributed by atoms with Crippen LogP contribution in [0.5, 0.6) is 0 Å². The monoisotopic (exact) mass is 339 g/mol. The Morgan fingerprint density at radius 1 is 1.12 bits per heavy atom. The molecule has 3 aromatic heterocycles. The third-order valence-corrected chi connectivity index (χ3v) is 3.88. The van der Waals surface area contributed by atoms with Crippen LogP contribution in [-0.2, 0) is 0 Å². The average Bonchev–Trinajstić information content (AvgIpc) is 3.18. The fourth-order valence-corrected chi connectivity index (χ4v) is 2.73. The molecule has 6 nitrogen and oxygen atoms in total. The molecule has 1 aromatic carbocycles. The van der Waals surface area contributed by atoms with E-state index in [2.05, 4.69) is 20.4 Å². The van der Waals surface area contributed by atoms with Gasteiger partial charge in [0, 0.05) is 11.8 Å². The minimum Gasteiger partial charge on any atom is -0.461 e. The minimum absolute atomic E-state index is 0.483. The summed E-state index contributed by atoms with van der Waals surface area (Å²) in [5.74, 6) is 2.30. The van der Waals surface area contributed by atoms with E-state index in [0.29, 0.717) is 22.4 Å². The molecule has 120 valence electrons. The summed E-state index contributed by atoms with van der Waals surface area (Å²) in [7, 11) is 0. The second kappa shape index (κ2) is 5.65. The Kier molecular flexibility index (Phi) is 3.46. The van der Waals surface area contributed by atoms with E-state index in [-0.39, 0.29) is 0 Å². The quantitative estimate of drug-likeness (QED) is 0.599. The van der Waals surface area contributed by atoms with Gasteiger partial charge in [-0.15, -0.1) is 5.10 Å². The maximum atomic E-state index is 6.32. The van der Waals surface area contributed by atoms with E-state index in [4.69, 9.17) is 16.0 Å². The SMILES string of the molecule is Cc1ccc(Nc2cc(C)nc3nc(-c4ccco4)nn23)c(Cl)c1. The summed E-state index contributed by atoms with van der Waals surface area (Å²) in [5, 5.41) is 8.43. The normalized spacial score (nSPS) is 11.1. The highest BCUT2D eigenvalue weighted by atomic mass is 35.5. The second-order valence-electron chi connectivity index (χ2n) is 5.52. The van der Waals surface area contributed by atoms with Crippen LogP contribution in [0.25, 0.3) is 17.4 Å². The van der Waals surface area contributed by atoms with Crippen molar-refractivity contribution in [1.82, 2.24) is 19.6 Å². The lowest BCUT2D eigenvalue weighted by molar-refractivity contribution is 0.577. The molecule has 3 heterocycles. The van der Waals surface area contributed by atoms with Crippen LogP contribution in [0.4, 0.5) is 11.5 Å². The molecule has 0 saturated carbocycles. The maximum Gasteiger partial charge on any atom is 0.255 e. The maximum absolute atomic E-state index is 6.32. The number of aromatic nitrogens is 4. The Morgan fingerprint density at radius 3 is 2.75 bits per heavy atom. The van der Waals surface area contributed by atoms with Crippen molar-refractivity contribution in [3.63, 3.8) is 0 Å². The number of nitrogens with zero attached hydrogens (tertiary/aromatic N) is 4. The van der Waals surface area contributed by atoms with E-state index in [1.165, 1.54) is 0 Å². The van der Waals surface area contributed by atoms with Gasteiger partial charge in [-0.2, -0.15) is 9.50 Å². The van der Waals surface area contributed by atoms with Gasteiger partial charge in [-0.1, -0.05) is 17.7 Å². The molecule has 0 bridgehead atoms. The molecule has 0 radical (unpaired) electrons. The number of benzene rings is 1. The molecular weight excluding hydrogens is 326 g/mol. The first-order valence-corrected chi connectivity index (χ1v) is 7.79. The molecule has 0 spiro atoms. The van der Waals surface area contributed by atoms with Gasteiger partial charge in [-0.3, -0.25) is 0 Å². The average molecular weight is 340 g/mol. The smallest absolute Gasteiger partial charge is 0.255 e. The van der Waals surface area contributed by atoms with Crippen LogP contribution in [0.2, 0.25) is 5.02 Å². The van der Waals surface area contributed by atoms with Crippen molar-refractivity contribution in [2.24, 2.45) is 0 Å². The molecule has 7 heteroatoms. The second-order valence-corrected chi connectivity index (χ2v) is 5.92. The summed E-state index contributed by atoms with van der Waals surface area (Å²) in [6.45, 7) is 3.90. The molecule has 0 aliphatic carbocycles. The highest BCUT2D eigenvalue weighted by molar-refractivity contribution is 6.33. The third-order valence-electron chi connectivity index (χ3n) is 3.57. The van der Waals surface area contributed by atoms with Crippen molar-refractivity contribution in [2.75, 3.05) is 5.32 Å². The Hall–Kier alpha value is -2.86. The lowest BCUT2D eigenvalue weighted by Gasteiger charge is -2.10. The first-order chi connectivity index (χ1) is 11.6. The van der Waals surface area contributed by atoms with Gasteiger partial charge in [-0.25, -0.2) is 4.98 Å². The molecule has 1 N–H and O–H groups in total. The highest BCUT2D eigenvalue weighted by Crippen LogP contribution is 2.27. The summed E-state index contributed by atoms with van der Waals surface area (Å²) >= 11 is 6.32. The molecular formula is C17H14ClN5O. The van der Waals surface area contributed by atoms with Crippen LogP contribution in [0.15, 0.2) is 47.1 Å². The predicted molar refractivity (Wildman–Crippen MR) is 92.7 cm³/mol. The minimum atomic E-state index is 0.483. The summed E-state index contributed by atoms with van der Waals surface area (Å²) in [6.07, 6.45) is 1.59. The molecule has 4 aromatic rings. The fourth-order valence-electron chi connectivity index (χ4n) is 2.45. The molecule has 0 saturated heterocycles. The van der Waals surface area contributed by atoms with Gasteiger partial charge in [-0.05, 0) is 43.7 Å². The number of aryl methyl sites for hydroxylation is 2. The lowest BCUT2D eigenvalue weighted by atomic mass is 10.2. The number of anilines is 2. The zero-order chi connectivity index (χ0) is 16.7. The summed E-state index contributed by atoms with van der Waals surface area (Å²) in [6, 6.07) is 11.3. The summed E-state index contributed by atoms with van der Waals surface area (Å²) < 4.78 is 7.00. The standard InChI is InChI=1S/C17H14ClN5O/c1-10-5-6-13(12(18)8-10)20-15-9-11(2)19-17-21-16(22-23(15)17)14-4-3-7-24-14/h3-9,20H,1-2H3. The Balaban J connectivity index is 1.82. The first-order valence-electron chi connectivity index (χ1n) is 7.41. The van der Waals surface area contributed by atoms with Crippen molar-refractivity contribution < 1.29 is 4.42 Å². The van der Waals surface area contributed by atoms with Crippen molar-refractivity contribution >= 4 is 28.9 Å². The fraction of sp³-hybridized carbons (Fsp3) is 0.118. The Morgan fingerprint density at radius 2 is 2.00 bits per heavy atom. The highest BCUT2D eigenvalue weighted by Gasteiger charge is 2.14. The van der Waals surface area contributed by atoms with Crippen molar-refractivity contribution in [2.45, 2.75) is 13.8 Å². The Labute approximate surface area is 143 Å². The van der Waals surface area contributed by atoms with Gasteiger partial charge in [0.2, 0.25) is 5.82 Å². The van der Waals surface area contributed by atoms with Crippen molar-refractivity contribution in [3.8, 4) is 11.6 Å². The van der Waals surface area contributed by atoms with Gasteiger partial charge in [0.15, 0.2) is 5.76 Å². The van der Waals surface area contributed by atoms with Gasteiger partial charge < -0.3 is 9.73 Å². The largest absolute Gasteiger partial charge is 0.461 e. The van der Waals surface area contributed by atoms with Crippen LogP contribution in [-0.4, -0.2) is 19.6 Å². The molecule has 0 fully saturated rings. The van der Waals surface area contributed by atoms with Crippen LogP contribution < -0.4 is 5.32 Å². The number of halogens is 1. The number of hydrogen-bond acceptors (Lipinski definition) is 5. The van der Waals surface area contributed by atoms with E-state index in [1.54, 1.807) is 16.8 Å². The van der Waals surface area contributed by atoms with Crippen LogP contribution >= 0.6 is 11.6 Å². The molecule has 4 rings (SSSR count). The van der Waals surface area contributed by atoms with Crippen LogP contribution in [0, 0.1) is 13.8 Å². The van der Waals surface area contributed by atoms with Crippen LogP contribution in [0.3, 0.4) is 0 Å². The van der Waals surface area contributed by atoms with Gasteiger partial charge in [0.05, 0.1) is 17.0 Å². The number of nitrogens with one attached hydrogen (secondary N) is 1. The van der Waals surface area contributed by atoms with E-state index in [9.17, 15) is 0 Å². The molecule has 0 aliphatic rings. The van der Waals surface area contributed by atoms with Gasteiger partial charge >= 0.3 is 0 Å². The van der Waals surface area contributed by atoms with Gasteiger partial charge in [0.1, 0.15) is 5.82 Å².